The Bertz CT molecular complexity index is 1330. The summed E-state index contributed by atoms with van der Waals surface area (Å²) >= 11 is 0. The maximum Gasteiger partial charge on any atom is 0.321 e. The van der Waals surface area contributed by atoms with Gasteiger partial charge in [-0.2, -0.15) is 9.97 Å². The number of anilines is 2. The van der Waals surface area contributed by atoms with Gasteiger partial charge >= 0.3 is 6.01 Å². The maximum absolute atomic E-state index is 12.2. The molecule has 10 heteroatoms. The van der Waals surface area contributed by atoms with E-state index in [2.05, 4.69) is 60.3 Å². The Hall–Kier alpha value is -3.63. The van der Waals surface area contributed by atoms with Crippen molar-refractivity contribution in [3.05, 3.63) is 52.6 Å². The third-order valence-electron chi connectivity index (χ3n) is 8.33. The molecule has 2 aromatic rings. The summed E-state index contributed by atoms with van der Waals surface area (Å²) in [7, 11) is 2.14. The molecular weight excluding hydrogens is 494 g/mol. The molecule has 39 heavy (non-hydrogen) atoms. The number of likely N-dealkylation sites (tertiary alicyclic amines) is 1. The highest BCUT2D eigenvalue weighted by molar-refractivity contribution is 5.87. The largest absolute Gasteiger partial charge is 0.462 e. The average molecular weight is 532 g/mol. The second-order valence-corrected chi connectivity index (χ2v) is 10.9. The fraction of sp³-hybridized carbons (Fsp3) is 0.483. The predicted octanol–water partition coefficient (Wildman–Crippen LogP) is 2.89. The van der Waals surface area contributed by atoms with Crippen LogP contribution in [0.3, 0.4) is 0 Å². The van der Waals surface area contributed by atoms with Gasteiger partial charge in [0.25, 0.3) is 0 Å². The number of carbonyl (C=O) groups is 1. The summed E-state index contributed by atoms with van der Waals surface area (Å²) in [5, 5.41) is 0. The first-order chi connectivity index (χ1) is 18.9. The second-order valence-electron chi connectivity index (χ2n) is 10.9. The molecule has 4 aliphatic rings. The molecule has 206 valence electrons. The van der Waals surface area contributed by atoms with Crippen LogP contribution in [0.4, 0.5) is 11.5 Å². The number of allylic oxidation sites excluding steroid dienone is 1. The lowest BCUT2D eigenvalue weighted by Crippen LogP contribution is -2.49. The molecule has 2 fully saturated rings. The van der Waals surface area contributed by atoms with Crippen LogP contribution in [0, 0.1) is 6.92 Å². The van der Waals surface area contributed by atoms with E-state index in [1.807, 2.05) is 4.90 Å². The van der Waals surface area contributed by atoms with Crippen LogP contribution in [-0.4, -0.2) is 78.1 Å². The Labute approximate surface area is 229 Å². The van der Waals surface area contributed by atoms with E-state index in [1.165, 1.54) is 18.1 Å². The average Bonchev–Trinajstić information content (AvgIpc) is 3.59. The van der Waals surface area contributed by atoms with E-state index in [4.69, 9.17) is 19.4 Å². The smallest absolute Gasteiger partial charge is 0.321 e. The number of carbonyl (C=O) groups excluding carboxylic acids is 1. The summed E-state index contributed by atoms with van der Waals surface area (Å²) < 4.78 is 12.9. The molecule has 5 heterocycles. The van der Waals surface area contributed by atoms with Gasteiger partial charge in [-0.15, -0.1) is 0 Å². The van der Waals surface area contributed by atoms with Gasteiger partial charge in [-0.3, -0.25) is 4.79 Å². The first-order valence-electron chi connectivity index (χ1n) is 13.8. The van der Waals surface area contributed by atoms with Crippen LogP contribution in [0.5, 0.6) is 11.9 Å². The Morgan fingerprint density at radius 3 is 2.74 bits per heavy atom. The minimum Gasteiger partial charge on any atom is -0.462 e. The Kier molecular flexibility index (Phi) is 6.90. The fourth-order valence-electron chi connectivity index (χ4n) is 6.03. The van der Waals surface area contributed by atoms with Crippen molar-refractivity contribution in [1.29, 1.82) is 0 Å². The normalized spacial score (nSPS) is 20.8. The van der Waals surface area contributed by atoms with Crippen LogP contribution in [0.2, 0.25) is 0 Å². The quantitative estimate of drug-likeness (QED) is 0.546. The van der Waals surface area contributed by atoms with Crippen LogP contribution >= 0.6 is 0 Å². The number of hydrazine groups is 1. The van der Waals surface area contributed by atoms with E-state index in [0.29, 0.717) is 57.1 Å². The molecule has 0 bridgehead atoms. The van der Waals surface area contributed by atoms with Crippen LogP contribution in [0.1, 0.15) is 42.0 Å². The number of ether oxygens (including phenoxy) is 2. The molecule has 2 saturated heterocycles. The number of rotatable bonds is 6. The van der Waals surface area contributed by atoms with Crippen LogP contribution in [-0.2, 0) is 17.8 Å². The van der Waals surface area contributed by atoms with Crippen molar-refractivity contribution in [2.24, 2.45) is 0 Å². The Balaban J connectivity index is 1.34. The lowest BCUT2D eigenvalue weighted by atomic mass is 9.93. The predicted molar refractivity (Wildman–Crippen MR) is 151 cm³/mol. The molecule has 0 saturated carbocycles. The number of likely N-dealkylation sites (N-methyl/N-ethyl adjacent to an activating group) is 1. The van der Waals surface area contributed by atoms with Crippen LogP contribution in [0.25, 0.3) is 5.76 Å². The van der Waals surface area contributed by atoms with Crippen molar-refractivity contribution in [2.75, 3.05) is 56.7 Å². The molecule has 1 aromatic carbocycles. The molecule has 1 amide bonds. The summed E-state index contributed by atoms with van der Waals surface area (Å²) in [4.78, 5) is 28.3. The molecule has 1 aromatic heterocycles. The Morgan fingerprint density at radius 1 is 1.18 bits per heavy atom. The SMILES string of the molecule is C=CC(=O)N1CCN(c2nc(OC[C@@H]3CCCN3C)nc3c2CC(C)=C(c2c(C)ccc4c2CNN4)O3)CC1. The van der Waals surface area contributed by atoms with Gasteiger partial charge in [0.05, 0.1) is 11.3 Å². The molecule has 10 nitrogen and oxygen atoms in total. The number of hydrogen-bond acceptors (Lipinski definition) is 9. The molecule has 0 radical (unpaired) electrons. The minimum atomic E-state index is -0.0365. The standard InChI is InChI=1S/C29H37N7O3/c1-5-24(37)35-11-13-36(14-12-35)27-21-15-19(3)26(25-18(2)8-9-23-22(25)16-30-33-23)39-28(21)32-29(31-27)38-17-20-7-6-10-34(20)4/h5,8-9,20,30,33H,1,6-7,10-17H2,2-4H3/t20-/m0/s1. The van der Waals surface area contributed by atoms with Gasteiger partial charge in [0.2, 0.25) is 11.8 Å². The highest BCUT2D eigenvalue weighted by Crippen LogP contribution is 2.42. The van der Waals surface area contributed by atoms with E-state index in [1.54, 1.807) is 0 Å². The number of aryl methyl sites for hydroxylation is 1. The number of hydrogen-bond donors (Lipinski definition) is 2. The van der Waals surface area contributed by atoms with Crippen LogP contribution in [0.15, 0.2) is 30.4 Å². The maximum atomic E-state index is 12.2. The first-order valence-corrected chi connectivity index (χ1v) is 13.8. The van der Waals surface area contributed by atoms with Gasteiger partial charge < -0.3 is 29.6 Å². The van der Waals surface area contributed by atoms with Gasteiger partial charge in [0.1, 0.15) is 18.2 Å². The third-order valence-corrected chi connectivity index (χ3v) is 8.33. The summed E-state index contributed by atoms with van der Waals surface area (Å²) in [5.74, 6) is 2.20. The molecule has 6 rings (SSSR count). The number of fused-ring (bicyclic) bond motifs is 2. The second kappa shape index (κ2) is 10.5. The molecule has 2 N–H and O–H groups in total. The molecule has 0 spiro atoms. The number of piperazine rings is 1. The lowest BCUT2D eigenvalue weighted by molar-refractivity contribution is -0.126. The van der Waals surface area contributed by atoms with Gasteiger partial charge in [-0.1, -0.05) is 12.6 Å². The number of benzene rings is 1. The zero-order valence-corrected chi connectivity index (χ0v) is 23.0. The zero-order chi connectivity index (χ0) is 27.1. The van der Waals surface area contributed by atoms with Gasteiger partial charge in [-0.25, -0.2) is 5.43 Å². The molecule has 0 unspecified atom stereocenters. The lowest BCUT2D eigenvalue weighted by Gasteiger charge is -2.36. The molecular formula is C29H37N7O3. The minimum absolute atomic E-state index is 0.0365. The van der Waals surface area contributed by atoms with Gasteiger partial charge in [0.15, 0.2) is 0 Å². The Morgan fingerprint density at radius 2 is 2.00 bits per heavy atom. The van der Waals surface area contributed by atoms with Gasteiger partial charge in [0, 0.05) is 56.3 Å². The van der Waals surface area contributed by atoms with E-state index in [0.717, 1.165) is 59.0 Å². The van der Waals surface area contributed by atoms with Crippen molar-refractivity contribution in [3.8, 4) is 11.9 Å². The first kappa shape index (κ1) is 25.6. The molecule has 1 atom stereocenters. The number of aromatic nitrogens is 2. The van der Waals surface area contributed by atoms with Crippen molar-refractivity contribution in [2.45, 2.75) is 45.7 Å². The van der Waals surface area contributed by atoms with Crippen molar-refractivity contribution in [1.82, 2.24) is 25.2 Å². The number of nitrogens with one attached hydrogen (secondary N) is 2. The van der Waals surface area contributed by atoms with Crippen LogP contribution < -0.4 is 25.2 Å². The van der Waals surface area contributed by atoms with Crippen molar-refractivity contribution >= 4 is 23.2 Å². The van der Waals surface area contributed by atoms with Crippen molar-refractivity contribution < 1.29 is 14.3 Å². The monoisotopic (exact) mass is 531 g/mol. The highest BCUT2D eigenvalue weighted by atomic mass is 16.5. The summed E-state index contributed by atoms with van der Waals surface area (Å²) in [6.07, 6.45) is 4.35. The summed E-state index contributed by atoms with van der Waals surface area (Å²) in [6.45, 7) is 12.8. The van der Waals surface area contributed by atoms with E-state index < -0.39 is 0 Å². The van der Waals surface area contributed by atoms with Crippen molar-refractivity contribution in [3.63, 3.8) is 0 Å². The van der Waals surface area contributed by atoms with Gasteiger partial charge in [-0.05, 0) is 63.6 Å². The van der Waals surface area contributed by atoms with E-state index in [9.17, 15) is 4.79 Å². The summed E-state index contributed by atoms with van der Waals surface area (Å²) in [6, 6.07) is 4.92. The zero-order valence-electron chi connectivity index (χ0n) is 23.0. The third kappa shape index (κ3) is 4.83. The summed E-state index contributed by atoms with van der Waals surface area (Å²) in [5.41, 5.74) is 13.1. The fourth-order valence-corrected chi connectivity index (χ4v) is 6.03. The highest BCUT2D eigenvalue weighted by Gasteiger charge is 2.32. The van der Waals surface area contributed by atoms with E-state index >= 15 is 0 Å². The number of nitrogens with zero attached hydrogens (tertiary/aromatic N) is 5. The molecule has 4 aliphatic heterocycles. The van der Waals surface area contributed by atoms with E-state index in [-0.39, 0.29) is 5.91 Å². The number of amides is 1. The molecule has 0 aliphatic carbocycles. The topological polar surface area (TPSA) is 95.1 Å².